The minimum absolute atomic E-state index is 0.243. The summed E-state index contributed by atoms with van der Waals surface area (Å²) >= 11 is 0. The van der Waals surface area contributed by atoms with E-state index < -0.39 is 0 Å². The molecule has 0 radical (unpaired) electrons. The first kappa shape index (κ1) is 13.2. The second kappa shape index (κ2) is 6.64. The second-order valence-electron chi connectivity index (χ2n) is 4.36. The number of ether oxygens (including phenoxy) is 1. The van der Waals surface area contributed by atoms with Gasteiger partial charge in [0.1, 0.15) is 5.75 Å². The highest BCUT2D eigenvalue weighted by Crippen LogP contribution is 2.24. The third-order valence-electron chi connectivity index (χ3n) is 3.04. The van der Waals surface area contributed by atoms with E-state index in [-0.39, 0.29) is 6.04 Å². The Morgan fingerprint density at radius 3 is 2.37 bits per heavy atom. The van der Waals surface area contributed by atoms with Crippen molar-refractivity contribution in [3.63, 3.8) is 0 Å². The van der Waals surface area contributed by atoms with Crippen LogP contribution in [0.1, 0.15) is 18.0 Å². The maximum absolute atomic E-state index is 5.16. The second-order valence-corrected chi connectivity index (χ2v) is 4.36. The van der Waals surface area contributed by atoms with Gasteiger partial charge in [0.15, 0.2) is 0 Å². The molecule has 0 bridgehead atoms. The van der Waals surface area contributed by atoms with Crippen LogP contribution in [-0.4, -0.2) is 7.11 Å². The van der Waals surface area contributed by atoms with E-state index in [4.69, 9.17) is 4.74 Å². The number of hydrogen-bond donors (Lipinski definition) is 1. The Morgan fingerprint density at radius 1 is 1.11 bits per heavy atom. The monoisotopic (exact) mass is 253 g/mol. The summed E-state index contributed by atoms with van der Waals surface area (Å²) in [6.45, 7) is 3.83. The lowest BCUT2D eigenvalue weighted by atomic mass is 10.0. The third kappa shape index (κ3) is 3.62. The van der Waals surface area contributed by atoms with Crippen LogP contribution in [0.3, 0.4) is 0 Å². The Labute approximate surface area is 114 Å². The maximum atomic E-state index is 5.16. The number of benzene rings is 2. The lowest BCUT2D eigenvalue weighted by molar-refractivity contribution is 0.415. The van der Waals surface area contributed by atoms with Crippen molar-refractivity contribution in [2.45, 2.75) is 12.5 Å². The van der Waals surface area contributed by atoms with Crippen LogP contribution >= 0.6 is 0 Å². The average molecular weight is 253 g/mol. The Hall–Kier alpha value is -2.22. The van der Waals surface area contributed by atoms with Crippen LogP contribution in [0.5, 0.6) is 5.75 Å². The molecule has 2 nitrogen and oxygen atoms in total. The Bertz CT molecular complexity index is 505. The summed E-state index contributed by atoms with van der Waals surface area (Å²) < 4.78 is 5.16. The van der Waals surface area contributed by atoms with Gasteiger partial charge in [-0.1, -0.05) is 36.4 Å². The maximum Gasteiger partial charge on any atom is 0.119 e. The fourth-order valence-corrected chi connectivity index (χ4v) is 2.02. The van der Waals surface area contributed by atoms with E-state index in [1.807, 2.05) is 36.4 Å². The van der Waals surface area contributed by atoms with Gasteiger partial charge in [-0.25, -0.2) is 0 Å². The molecule has 2 aromatic rings. The fourth-order valence-electron chi connectivity index (χ4n) is 2.02. The van der Waals surface area contributed by atoms with Gasteiger partial charge in [0, 0.05) is 5.69 Å². The van der Waals surface area contributed by atoms with Crippen molar-refractivity contribution in [3.8, 4) is 5.75 Å². The van der Waals surface area contributed by atoms with Gasteiger partial charge in [-0.15, -0.1) is 6.58 Å². The van der Waals surface area contributed by atoms with Crippen LogP contribution in [-0.2, 0) is 0 Å². The summed E-state index contributed by atoms with van der Waals surface area (Å²) in [7, 11) is 1.67. The van der Waals surface area contributed by atoms with Crippen LogP contribution < -0.4 is 10.1 Å². The minimum Gasteiger partial charge on any atom is -0.497 e. The van der Waals surface area contributed by atoms with Crippen molar-refractivity contribution in [1.82, 2.24) is 0 Å². The number of hydrogen-bond acceptors (Lipinski definition) is 2. The first-order chi connectivity index (χ1) is 9.33. The normalized spacial score (nSPS) is 11.6. The van der Waals surface area contributed by atoms with Gasteiger partial charge in [0.05, 0.1) is 13.2 Å². The highest BCUT2D eigenvalue weighted by Gasteiger charge is 2.09. The van der Waals surface area contributed by atoms with E-state index in [2.05, 4.69) is 36.2 Å². The molecule has 0 aromatic heterocycles. The Kier molecular flexibility index (Phi) is 4.62. The predicted octanol–water partition coefficient (Wildman–Crippen LogP) is 4.42. The van der Waals surface area contributed by atoms with Gasteiger partial charge in [-0.05, 0) is 36.2 Å². The number of rotatable bonds is 6. The molecular formula is C17H19NO. The lowest BCUT2D eigenvalue weighted by Gasteiger charge is -2.19. The molecule has 2 aromatic carbocycles. The Morgan fingerprint density at radius 2 is 1.79 bits per heavy atom. The van der Waals surface area contributed by atoms with Gasteiger partial charge in [0.25, 0.3) is 0 Å². The molecular weight excluding hydrogens is 234 g/mol. The zero-order valence-electron chi connectivity index (χ0n) is 11.2. The van der Waals surface area contributed by atoms with Crippen molar-refractivity contribution >= 4 is 5.69 Å². The highest BCUT2D eigenvalue weighted by molar-refractivity contribution is 5.48. The molecule has 2 rings (SSSR count). The summed E-state index contributed by atoms with van der Waals surface area (Å²) in [5.41, 5.74) is 2.34. The van der Waals surface area contributed by atoms with Crippen LogP contribution in [0.4, 0.5) is 5.69 Å². The van der Waals surface area contributed by atoms with Crippen LogP contribution in [0.15, 0.2) is 67.3 Å². The largest absolute Gasteiger partial charge is 0.497 e. The van der Waals surface area contributed by atoms with Crippen LogP contribution in [0, 0.1) is 0 Å². The van der Waals surface area contributed by atoms with Gasteiger partial charge in [-0.3, -0.25) is 0 Å². The van der Waals surface area contributed by atoms with Gasteiger partial charge in [-0.2, -0.15) is 0 Å². The summed E-state index contributed by atoms with van der Waals surface area (Å²) in [4.78, 5) is 0. The first-order valence-electron chi connectivity index (χ1n) is 6.40. The van der Waals surface area contributed by atoms with Gasteiger partial charge < -0.3 is 10.1 Å². The van der Waals surface area contributed by atoms with E-state index >= 15 is 0 Å². The van der Waals surface area contributed by atoms with Crippen LogP contribution in [0.25, 0.3) is 0 Å². The highest BCUT2D eigenvalue weighted by atomic mass is 16.5. The summed E-state index contributed by atoms with van der Waals surface area (Å²) in [6.07, 6.45) is 2.82. The molecule has 0 aliphatic heterocycles. The molecule has 0 unspecified atom stereocenters. The van der Waals surface area contributed by atoms with Crippen molar-refractivity contribution in [1.29, 1.82) is 0 Å². The topological polar surface area (TPSA) is 21.3 Å². The molecule has 0 saturated carbocycles. The van der Waals surface area contributed by atoms with Gasteiger partial charge >= 0.3 is 0 Å². The summed E-state index contributed by atoms with van der Waals surface area (Å²) in [6, 6.07) is 18.6. The minimum atomic E-state index is 0.243. The van der Waals surface area contributed by atoms with E-state index in [1.54, 1.807) is 7.11 Å². The summed E-state index contributed by atoms with van der Waals surface area (Å²) in [5.74, 6) is 0.866. The Balaban J connectivity index is 2.14. The molecule has 0 aliphatic rings. The third-order valence-corrected chi connectivity index (χ3v) is 3.04. The van der Waals surface area contributed by atoms with Crippen molar-refractivity contribution in [2.24, 2.45) is 0 Å². The molecule has 2 heteroatoms. The van der Waals surface area contributed by atoms with E-state index in [9.17, 15) is 0 Å². The molecule has 19 heavy (non-hydrogen) atoms. The molecule has 0 saturated heterocycles. The quantitative estimate of drug-likeness (QED) is 0.769. The first-order valence-corrected chi connectivity index (χ1v) is 6.40. The zero-order chi connectivity index (χ0) is 13.5. The zero-order valence-corrected chi connectivity index (χ0v) is 11.2. The summed E-state index contributed by atoms with van der Waals surface area (Å²) in [5, 5.41) is 3.52. The standard InChI is InChI=1S/C17H19NO/c1-3-7-17(14-8-5-4-6-9-14)18-15-10-12-16(19-2)13-11-15/h3-6,8-13,17-18H,1,7H2,2H3/t17-/m0/s1. The average Bonchev–Trinajstić information content (AvgIpc) is 2.48. The number of nitrogens with one attached hydrogen (secondary N) is 1. The molecule has 0 aliphatic carbocycles. The molecule has 0 fully saturated rings. The number of anilines is 1. The molecule has 0 spiro atoms. The predicted molar refractivity (Wildman–Crippen MR) is 80.6 cm³/mol. The molecule has 0 heterocycles. The van der Waals surface area contributed by atoms with Gasteiger partial charge in [0.2, 0.25) is 0 Å². The molecule has 1 N–H and O–H groups in total. The smallest absolute Gasteiger partial charge is 0.119 e. The lowest BCUT2D eigenvalue weighted by Crippen LogP contribution is -2.09. The fraction of sp³-hybridized carbons (Fsp3) is 0.176. The number of methoxy groups -OCH3 is 1. The molecule has 98 valence electrons. The van der Waals surface area contributed by atoms with E-state index in [0.29, 0.717) is 0 Å². The van der Waals surface area contributed by atoms with Crippen molar-refractivity contribution in [3.05, 3.63) is 72.8 Å². The van der Waals surface area contributed by atoms with E-state index in [1.165, 1.54) is 5.56 Å². The SMILES string of the molecule is C=CC[C@H](Nc1ccc(OC)cc1)c1ccccc1. The van der Waals surface area contributed by atoms with Crippen molar-refractivity contribution < 1.29 is 4.74 Å². The van der Waals surface area contributed by atoms with Crippen molar-refractivity contribution in [2.75, 3.05) is 12.4 Å². The molecule has 0 amide bonds. The van der Waals surface area contributed by atoms with Crippen LogP contribution in [0.2, 0.25) is 0 Å². The van der Waals surface area contributed by atoms with E-state index in [0.717, 1.165) is 17.9 Å². The molecule has 1 atom stereocenters.